The molecule has 1 N–H and O–H groups in total. The van der Waals surface area contributed by atoms with Gasteiger partial charge in [0.25, 0.3) is 0 Å². The fraction of sp³-hybridized carbons (Fsp3) is 0.188. The van der Waals surface area contributed by atoms with Gasteiger partial charge in [0.2, 0.25) is 0 Å². The Kier molecular flexibility index (Phi) is 6.22. The first-order valence-corrected chi connectivity index (χ1v) is 12.3. The first-order chi connectivity index (χ1) is 16.7. The van der Waals surface area contributed by atoms with E-state index >= 15 is 0 Å². The molecule has 5 rings (SSSR count). The number of nitrogens with zero attached hydrogens (tertiary/aromatic N) is 1. The van der Waals surface area contributed by atoms with Gasteiger partial charge in [0.15, 0.2) is 0 Å². The van der Waals surface area contributed by atoms with Crippen LogP contribution in [0.1, 0.15) is 37.8 Å². The topological polar surface area (TPSA) is 15.3 Å². The maximum absolute atomic E-state index is 4.63. The predicted molar refractivity (Wildman–Crippen MR) is 146 cm³/mol. The number of hydrogen-bond donors (Lipinski definition) is 1. The van der Waals surface area contributed by atoms with Gasteiger partial charge in [-0.15, -0.1) is 0 Å². The summed E-state index contributed by atoms with van der Waals surface area (Å²) in [4.78, 5) is 2.32. The van der Waals surface area contributed by atoms with Crippen LogP contribution in [0.5, 0.6) is 0 Å². The Bertz CT molecular complexity index is 1230. The molecule has 2 nitrogen and oxygen atoms in total. The highest BCUT2D eigenvalue weighted by molar-refractivity contribution is 5.87. The molecule has 2 aliphatic rings. The van der Waals surface area contributed by atoms with Crippen LogP contribution in [0, 0.1) is 5.92 Å². The van der Waals surface area contributed by atoms with Gasteiger partial charge >= 0.3 is 0 Å². The molecule has 2 heteroatoms. The van der Waals surface area contributed by atoms with Crippen molar-refractivity contribution in [3.05, 3.63) is 126 Å². The zero-order valence-electron chi connectivity index (χ0n) is 20.0. The minimum atomic E-state index is 0.300. The summed E-state index contributed by atoms with van der Waals surface area (Å²) in [5, 5.41) is 3.88. The maximum Gasteiger partial charge on any atom is 0.0480 e. The summed E-state index contributed by atoms with van der Waals surface area (Å²) in [6.45, 7) is 9.15. The first kappa shape index (κ1) is 22.0. The smallest absolute Gasteiger partial charge is 0.0480 e. The highest BCUT2D eigenvalue weighted by Gasteiger charge is 2.29. The molecule has 2 heterocycles. The van der Waals surface area contributed by atoms with Crippen molar-refractivity contribution >= 4 is 28.3 Å². The largest absolute Gasteiger partial charge is 0.378 e. The Hall–Kier alpha value is -3.78. The van der Waals surface area contributed by atoms with Gasteiger partial charge in [-0.3, -0.25) is 0 Å². The molecule has 0 spiro atoms. The molecular formula is C32H32N2. The van der Waals surface area contributed by atoms with Crippen molar-refractivity contribution < 1.29 is 0 Å². The van der Waals surface area contributed by atoms with Crippen molar-refractivity contribution in [2.75, 3.05) is 4.90 Å². The third-order valence-corrected chi connectivity index (χ3v) is 6.96. The summed E-state index contributed by atoms with van der Waals surface area (Å²) in [5.41, 5.74) is 9.65. The van der Waals surface area contributed by atoms with E-state index in [1.54, 1.807) is 0 Å². The van der Waals surface area contributed by atoms with Crippen LogP contribution in [0.15, 0.2) is 115 Å². The molecule has 2 unspecified atom stereocenters. The number of para-hydroxylation sites is 2. The fourth-order valence-corrected chi connectivity index (χ4v) is 5.26. The van der Waals surface area contributed by atoms with E-state index in [4.69, 9.17) is 0 Å². The number of anilines is 3. The van der Waals surface area contributed by atoms with Crippen molar-refractivity contribution in [2.45, 2.75) is 32.7 Å². The van der Waals surface area contributed by atoms with Crippen LogP contribution in [-0.2, 0) is 0 Å². The van der Waals surface area contributed by atoms with Gasteiger partial charge in [0, 0.05) is 40.3 Å². The lowest BCUT2D eigenvalue weighted by atomic mass is 9.77. The molecule has 0 aromatic heterocycles. The second kappa shape index (κ2) is 9.61. The first-order valence-electron chi connectivity index (χ1n) is 12.3. The number of benzene rings is 3. The SMILES string of the molecule is C=C1c2ccc(N(c3ccccc3)c3ccccc3)cc2/C2=C/C=C\C=C(/C(CC)N2)C1CC. The second-order valence-corrected chi connectivity index (χ2v) is 8.96. The van der Waals surface area contributed by atoms with E-state index < -0.39 is 0 Å². The average Bonchev–Trinajstić information content (AvgIpc) is 2.87. The van der Waals surface area contributed by atoms with Crippen LogP contribution in [0.2, 0.25) is 0 Å². The Balaban J connectivity index is 1.71. The molecule has 170 valence electrons. The van der Waals surface area contributed by atoms with E-state index in [2.05, 4.69) is 134 Å². The maximum atomic E-state index is 4.63. The molecule has 2 aliphatic heterocycles. The summed E-state index contributed by atoms with van der Waals surface area (Å²) in [7, 11) is 0. The van der Waals surface area contributed by atoms with Crippen molar-refractivity contribution in [2.24, 2.45) is 5.92 Å². The van der Waals surface area contributed by atoms with Crippen LogP contribution < -0.4 is 10.2 Å². The Morgan fingerprint density at radius 3 is 2.00 bits per heavy atom. The van der Waals surface area contributed by atoms with Crippen molar-refractivity contribution in [1.82, 2.24) is 5.32 Å². The van der Waals surface area contributed by atoms with E-state index in [9.17, 15) is 0 Å². The predicted octanol–water partition coefficient (Wildman–Crippen LogP) is 8.41. The van der Waals surface area contributed by atoms with Gasteiger partial charge in [0.05, 0.1) is 0 Å². The van der Waals surface area contributed by atoms with Crippen LogP contribution >= 0.6 is 0 Å². The normalized spacial score (nSPS) is 23.1. The highest BCUT2D eigenvalue weighted by Crippen LogP contribution is 2.42. The van der Waals surface area contributed by atoms with E-state index in [1.165, 1.54) is 22.3 Å². The number of fused-ring (bicyclic) bond motifs is 5. The van der Waals surface area contributed by atoms with Crippen molar-refractivity contribution in [3.63, 3.8) is 0 Å². The molecular weight excluding hydrogens is 412 g/mol. The lowest BCUT2D eigenvalue weighted by Crippen LogP contribution is -2.35. The average molecular weight is 445 g/mol. The molecule has 3 aromatic rings. The molecule has 0 radical (unpaired) electrons. The third-order valence-electron chi connectivity index (χ3n) is 6.96. The molecule has 0 amide bonds. The van der Waals surface area contributed by atoms with Crippen LogP contribution in [0.25, 0.3) is 11.3 Å². The van der Waals surface area contributed by atoms with E-state index in [-0.39, 0.29) is 0 Å². The van der Waals surface area contributed by atoms with Crippen molar-refractivity contribution in [1.29, 1.82) is 0 Å². The standard InChI is InChI=1S/C32H32N2/c1-4-27-23(3)28-21-20-26(22-30(28)32-19-13-12-18-29(27)31(5-2)33-32)34(24-14-8-6-9-15-24)25-16-10-7-11-17-25/h6-22,27,31,33H,3-5H2,1-2H3/b13-12-,29-18-,32-19-. The quantitative estimate of drug-likeness (QED) is 0.425. The fourth-order valence-electron chi connectivity index (χ4n) is 5.26. The Morgan fingerprint density at radius 1 is 0.735 bits per heavy atom. The summed E-state index contributed by atoms with van der Waals surface area (Å²) in [6, 6.07) is 28.3. The zero-order chi connectivity index (χ0) is 23.5. The summed E-state index contributed by atoms with van der Waals surface area (Å²) >= 11 is 0. The van der Waals surface area contributed by atoms with Gasteiger partial charge in [-0.25, -0.2) is 0 Å². The van der Waals surface area contributed by atoms with Gasteiger partial charge in [-0.1, -0.05) is 81.1 Å². The Morgan fingerprint density at radius 2 is 1.38 bits per heavy atom. The summed E-state index contributed by atoms with van der Waals surface area (Å²) < 4.78 is 0. The van der Waals surface area contributed by atoms with Crippen molar-refractivity contribution in [3.8, 4) is 0 Å². The molecule has 0 saturated heterocycles. The van der Waals surface area contributed by atoms with Gasteiger partial charge in [-0.2, -0.15) is 0 Å². The zero-order valence-corrected chi connectivity index (χ0v) is 20.0. The summed E-state index contributed by atoms with van der Waals surface area (Å²) in [6.07, 6.45) is 10.9. The third kappa shape index (κ3) is 4.01. The molecule has 0 saturated carbocycles. The lowest BCUT2D eigenvalue weighted by molar-refractivity contribution is 0.575. The van der Waals surface area contributed by atoms with E-state index in [0.717, 1.165) is 35.6 Å². The number of allylic oxidation sites excluding steroid dienone is 5. The molecule has 2 bridgehead atoms. The highest BCUT2D eigenvalue weighted by atomic mass is 15.1. The molecule has 34 heavy (non-hydrogen) atoms. The van der Waals surface area contributed by atoms with E-state index in [0.29, 0.717) is 12.0 Å². The molecule has 0 aliphatic carbocycles. The minimum Gasteiger partial charge on any atom is -0.378 e. The number of rotatable bonds is 5. The minimum absolute atomic E-state index is 0.300. The number of hydrogen-bond acceptors (Lipinski definition) is 2. The van der Waals surface area contributed by atoms with Gasteiger partial charge < -0.3 is 10.2 Å². The molecule has 3 aromatic carbocycles. The second-order valence-electron chi connectivity index (χ2n) is 8.96. The lowest BCUT2D eigenvalue weighted by Gasteiger charge is -2.35. The molecule has 0 fully saturated rings. The monoisotopic (exact) mass is 444 g/mol. The van der Waals surface area contributed by atoms with Gasteiger partial charge in [0.1, 0.15) is 0 Å². The van der Waals surface area contributed by atoms with Crippen LogP contribution in [0.4, 0.5) is 17.1 Å². The molecule has 2 atom stereocenters. The Labute approximate surface area is 203 Å². The van der Waals surface area contributed by atoms with Crippen LogP contribution in [-0.4, -0.2) is 6.04 Å². The van der Waals surface area contributed by atoms with E-state index in [1.807, 2.05) is 0 Å². The van der Waals surface area contributed by atoms with Crippen LogP contribution in [0.3, 0.4) is 0 Å². The summed E-state index contributed by atoms with van der Waals surface area (Å²) in [5.74, 6) is 0.325. The number of nitrogens with one attached hydrogen (secondary N) is 1. The van der Waals surface area contributed by atoms with Gasteiger partial charge in [-0.05, 0) is 72.0 Å².